The standard InChI is InChI=1S/C19H28BrN3O3.C19H26BrN3O2.C19H27BrN2O3.C18H25BrFN3O2.C18H24BrN3O2.C17H24BrN3O3/c1-22(14-6-4-3-5-7-14)16-8-9-23(12-17(16)24)18-15(19(25)26-2)10-13(20)11-21-18;1-25-19(24)17-7-15(20)8-21-18(17)23-11-13-9-22(10-14(13)12-23)16-5-3-2-4-6-16;1-25-19(24)16-10-15(20)11-21-18(16)22-8-7-17(23)14(12-22)9-13-5-3-2-4-6-13;1-25-18(24)14-9-12(19)10-21-17(14)23-8-7-16(15(20)11-23)22-13-5-3-2-4-6-13;1-24-18(23)16-6-14(19)7-20-17(16)22-10-12-8-21(9-13(12)11-22)15-4-2-3-5-15;1-24-17(23)13-7-11(18)8-19-16(13)21-9-14(15(22)10-21)20-12-5-3-2-4-6-12/h10-11,14,16-17,24H,3-9,12H2,1-2H3;7-8,13-14,16H,2-6,9-12H2,1H3;10-11,13-14,17,23H,2-9,12H2,1H3;9-10,13,15-16,22H,2-8,11H2,1H3;6-7,12-13,15H,2-5,8-11H2,1H3;7-8,12,14-15,20,22H,2-6,9-10H2,1H3. The van der Waals surface area contributed by atoms with Crippen LogP contribution in [0.1, 0.15) is 274 Å². The molecule has 0 spiro atoms. The minimum Gasteiger partial charge on any atom is -0.465 e. The van der Waals surface area contributed by atoms with Crippen molar-refractivity contribution in [3.05, 3.63) is 134 Å². The lowest BCUT2D eigenvalue weighted by Gasteiger charge is -2.44. The van der Waals surface area contributed by atoms with Gasteiger partial charge in [-0.15, -0.1) is 0 Å². The summed E-state index contributed by atoms with van der Waals surface area (Å²) < 4.78 is 48.7. The lowest BCUT2D eigenvalue weighted by atomic mass is 9.79. The second-order valence-electron chi connectivity index (χ2n) is 43.2. The minimum absolute atomic E-state index is 0.00374. The quantitative estimate of drug-likeness (QED) is 0.0311. The van der Waals surface area contributed by atoms with Crippen LogP contribution in [0.25, 0.3) is 0 Å². The highest BCUT2D eigenvalue weighted by Gasteiger charge is 2.47. The number of pyridine rings is 6. The highest BCUT2D eigenvalue weighted by molar-refractivity contribution is 9.11. The third-order valence-electron chi connectivity index (χ3n) is 33.4. The van der Waals surface area contributed by atoms with Crippen LogP contribution in [0.3, 0.4) is 0 Å². The summed E-state index contributed by atoms with van der Waals surface area (Å²) in [5, 5.41) is 38.8. The van der Waals surface area contributed by atoms with E-state index < -0.39 is 36.3 Å². The molecule has 39 heteroatoms. The Kier molecular flexibility index (Phi) is 44.1. The van der Waals surface area contributed by atoms with E-state index >= 15 is 0 Å². The van der Waals surface area contributed by atoms with Crippen molar-refractivity contribution in [1.29, 1.82) is 0 Å². The fourth-order valence-corrected chi connectivity index (χ4v) is 27.6. The number of carbonyl (C=O) groups is 6. The van der Waals surface area contributed by atoms with E-state index in [1.54, 1.807) is 61.4 Å². The molecule has 20 rings (SSSR count). The van der Waals surface area contributed by atoms with Gasteiger partial charge in [0.15, 0.2) is 0 Å². The Morgan fingerprint density at radius 2 is 0.617 bits per heavy atom. The van der Waals surface area contributed by atoms with Crippen LogP contribution in [0.5, 0.6) is 0 Å². The lowest BCUT2D eigenvalue weighted by molar-refractivity contribution is 0.0196. The predicted molar refractivity (Wildman–Crippen MR) is 597 cm³/mol. The molecule has 0 amide bonds. The highest BCUT2D eigenvalue weighted by atomic mass is 79.9. The van der Waals surface area contributed by atoms with Crippen molar-refractivity contribution in [3.63, 3.8) is 0 Å². The number of aliphatic hydroxyl groups is 3. The summed E-state index contributed by atoms with van der Waals surface area (Å²) in [5.74, 6) is 5.30. The number of hydrogen-bond acceptors (Lipinski definition) is 32. The maximum Gasteiger partial charge on any atom is 0.341 e. The van der Waals surface area contributed by atoms with Gasteiger partial charge < -0.3 is 83.8 Å². The number of alkyl halides is 1. The molecule has 8 saturated heterocycles. The third kappa shape index (κ3) is 30.9. The SMILES string of the molecule is COC(=O)c1cc(Br)cnc1N1CC(O)C(NC2CCCCC2)C1.COC(=O)c1cc(Br)cnc1N1CC2CN(C3CCCC3)CC2C1.COC(=O)c1cc(Br)cnc1N1CC2CN(C3CCCCC3)CC2C1.COC(=O)c1cc(Br)cnc1N1CCC(N(C)C2CCCCC2)C(O)C1.COC(=O)c1cc(Br)cnc1N1CCC(NC2CCCCC2)C(F)C1.COC(=O)c1cc(Br)cnc1N1CCC(O)C(CC2CCCCC2)C1. The molecule has 6 aliphatic carbocycles. The molecule has 12 unspecified atom stereocenters. The fourth-order valence-electron chi connectivity index (χ4n) is 25.6. The third-order valence-corrected chi connectivity index (χ3v) is 36.0. The molecule has 5 N–H and O–H groups in total. The van der Waals surface area contributed by atoms with Crippen molar-refractivity contribution in [2.24, 2.45) is 35.5 Å². The number of likely N-dealkylation sites (N-methyl/N-ethyl adjacent to an activating group) is 1. The Morgan fingerprint density at radius 3 is 0.966 bits per heavy atom. The molecule has 14 heterocycles. The molecule has 6 aromatic heterocycles. The van der Waals surface area contributed by atoms with Crippen LogP contribution >= 0.6 is 95.6 Å². The maximum absolute atomic E-state index is 14.8. The Labute approximate surface area is 929 Å². The zero-order chi connectivity index (χ0) is 105. The number of carbonyl (C=O) groups excluding carboxylic acids is 6. The summed E-state index contributed by atoms with van der Waals surface area (Å²) in [6.45, 7) is 13.5. The van der Waals surface area contributed by atoms with E-state index in [9.17, 15) is 48.5 Å². The van der Waals surface area contributed by atoms with Gasteiger partial charge in [-0.2, -0.15) is 0 Å². The number of hydrogen-bond donors (Lipinski definition) is 5. The van der Waals surface area contributed by atoms with Gasteiger partial charge in [0.05, 0.1) is 73.6 Å². The van der Waals surface area contributed by atoms with E-state index in [1.165, 1.54) is 242 Å². The second kappa shape index (κ2) is 56.6. The summed E-state index contributed by atoms with van der Waals surface area (Å²) >= 11 is 20.2. The normalized spacial score (nSPS) is 25.8. The monoisotopic (exact) mass is 2450 g/mol. The number of anilines is 6. The van der Waals surface area contributed by atoms with Crippen molar-refractivity contribution in [3.8, 4) is 0 Å². The van der Waals surface area contributed by atoms with Gasteiger partial charge >= 0.3 is 35.8 Å². The number of β-amino-alcohol motifs (C(OH)–C–C–N with tert-alkyl or cyclic N) is 2. The molecule has 6 aromatic rings. The van der Waals surface area contributed by atoms with Gasteiger partial charge in [-0.3, -0.25) is 14.7 Å². The van der Waals surface area contributed by atoms with Gasteiger partial charge in [0.25, 0.3) is 0 Å². The van der Waals surface area contributed by atoms with Crippen LogP contribution in [-0.2, 0) is 28.4 Å². The zero-order valence-corrected chi connectivity index (χ0v) is 97.1. The summed E-state index contributed by atoms with van der Waals surface area (Å²) in [6, 6.07) is 13.7. The number of ether oxygens (including phenoxy) is 6. The number of fused-ring (bicyclic) bond motifs is 2. The average molecular weight is 2450 g/mol. The van der Waals surface area contributed by atoms with E-state index in [1.807, 2.05) is 26.8 Å². The number of esters is 6. The van der Waals surface area contributed by atoms with Crippen LogP contribution in [0, 0.1) is 35.5 Å². The summed E-state index contributed by atoms with van der Waals surface area (Å²) in [5.41, 5.74) is 2.79. The molecule has 0 aromatic carbocycles. The minimum atomic E-state index is -0.980. The van der Waals surface area contributed by atoms with Gasteiger partial charge in [0.1, 0.15) is 74.5 Å². The summed E-state index contributed by atoms with van der Waals surface area (Å²) in [4.78, 5) is 120. The van der Waals surface area contributed by atoms with E-state index in [2.05, 4.69) is 173 Å². The van der Waals surface area contributed by atoms with Crippen molar-refractivity contribution >= 4 is 166 Å². The van der Waals surface area contributed by atoms with E-state index in [0.717, 1.165) is 123 Å². The predicted octanol–water partition coefficient (Wildman–Crippen LogP) is 18.5. The first-order valence-electron chi connectivity index (χ1n) is 54.4. The molecule has 12 atom stereocenters. The molecular weight excluding hydrogens is 2300 g/mol. The molecule has 8 aliphatic heterocycles. The van der Waals surface area contributed by atoms with Crippen molar-refractivity contribution in [1.82, 2.24) is 55.2 Å². The Balaban J connectivity index is 0.000000134. The number of nitrogens with one attached hydrogen (secondary N) is 2. The van der Waals surface area contributed by atoms with Crippen LogP contribution in [0.4, 0.5) is 39.3 Å². The molecule has 149 heavy (non-hydrogen) atoms. The molecule has 14 fully saturated rings. The van der Waals surface area contributed by atoms with Gasteiger partial charge in [0, 0.05) is 210 Å². The van der Waals surface area contributed by atoms with E-state index in [0.29, 0.717) is 142 Å². The molecule has 818 valence electrons. The van der Waals surface area contributed by atoms with Crippen LogP contribution in [0.2, 0.25) is 0 Å². The average Bonchev–Trinajstić information content (AvgIpc) is 1.64. The molecule has 32 nitrogen and oxygen atoms in total. The van der Waals surface area contributed by atoms with Crippen molar-refractivity contribution in [2.45, 2.75) is 285 Å². The smallest absolute Gasteiger partial charge is 0.341 e. The number of aliphatic hydroxyl groups excluding tert-OH is 3. The van der Waals surface area contributed by atoms with Crippen molar-refractivity contribution < 1.29 is 76.9 Å². The number of halogens is 7. The zero-order valence-electron chi connectivity index (χ0n) is 87.6. The fraction of sp³-hybridized carbons (Fsp3) is 0.673. The first-order valence-corrected chi connectivity index (χ1v) is 59.2. The largest absolute Gasteiger partial charge is 0.465 e. The Bertz CT molecular complexity index is 5300. The molecule has 0 radical (unpaired) electrons. The Morgan fingerprint density at radius 1 is 0.329 bits per heavy atom. The number of likely N-dealkylation sites (tertiary alicyclic amines) is 2. The first kappa shape index (κ1) is 116. The van der Waals surface area contributed by atoms with Gasteiger partial charge in [-0.25, -0.2) is 63.1 Å². The summed E-state index contributed by atoms with van der Waals surface area (Å²) in [7, 11) is 10.5. The number of nitrogens with zero attached hydrogens (tertiary/aromatic N) is 15. The number of methoxy groups -OCH3 is 6. The molecule has 6 saturated carbocycles. The lowest BCUT2D eigenvalue weighted by Crippen LogP contribution is -2.56. The number of rotatable bonds is 22. The van der Waals surface area contributed by atoms with E-state index in [-0.39, 0.29) is 54.6 Å². The topological polar surface area (TPSA) is 349 Å². The molecular formula is C110H154Br6FN17O15. The van der Waals surface area contributed by atoms with Crippen molar-refractivity contribution in [2.75, 3.05) is 184 Å². The van der Waals surface area contributed by atoms with Gasteiger partial charge in [-0.05, 0) is 259 Å². The highest BCUT2D eigenvalue weighted by Crippen LogP contribution is 2.44. The Hall–Kier alpha value is -6.99. The van der Waals surface area contributed by atoms with E-state index in [4.69, 9.17) is 28.4 Å². The number of aromatic nitrogens is 6. The maximum atomic E-state index is 14.8. The van der Waals surface area contributed by atoms with Crippen LogP contribution in [-0.4, -0.2) is 323 Å². The summed E-state index contributed by atoms with van der Waals surface area (Å²) in [6.07, 6.45) is 49.0. The van der Waals surface area contributed by atoms with Crippen LogP contribution in [0.15, 0.2) is 100 Å². The molecule has 14 aliphatic rings. The van der Waals surface area contributed by atoms with Crippen LogP contribution < -0.4 is 40.0 Å². The molecule has 0 bridgehead atoms. The first-order chi connectivity index (χ1) is 72.1. The number of piperidine rings is 3. The second-order valence-corrected chi connectivity index (χ2v) is 48.6. The van der Waals surface area contributed by atoms with Gasteiger partial charge in [0.2, 0.25) is 0 Å². The van der Waals surface area contributed by atoms with Gasteiger partial charge in [-0.1, -0.05) is 122 Å².